The van der Waals surface area contributed by atoms with Crippen molar-refractivity contribution >= 4 is 6.08 Å². The highest BCUT2D eigenvalue weighted by Gasteiger charge is 1.75. The average molecular weight is 148 g/mol. The summed E-state index contributed by atoms with van der Waals surface area (Å²) in [6.07, 6.45) is 1.83. The molecule has 0 aliphatic carbocycles. The second-order valence-electron chi connectivity index (χ2n) is 1.73. The van der Waals surface area contributed by atoms with Crippen molar-refractivity contribution in [2.75, 3.05) is 0 Å². The molecule has 0 aromatic heterocycles. The molecule has 1 aromatic rings. The Kier molecular flexibility index (Phi) is 5.39. The second-order valence-corrected chi connectivity index (χ2v) is 1.73. The Morgan fingerprint density at radius 2 is 1.64 bits per heavy atom. The van der Waals surface area contributed by atoms with E-state index in [4.69, 9.17) is 11.1 Å². The van der Waals surface area contributed by atoms with Gasteiger partial charge >= 0.3 is 0 Å². The Morgan fingerprint density at radius 3 is 1.91 bits per heavy atom. The molecule has 0 radical (unpaired) electrons. The lowest BCUT2D eigenvalue weighted by Crippen LogP contribution is -1.63. The summed E-state index contributed by atoms with van der Waals surface area (Å²) in [6.45, 7) is 3.63. The van der Waals surface area contributed by atoms with Crippen molar-refractivity contribution in [3.63, 3.8) is 0 Å². The van der Waals surface area contributed by atoms with E-state index in [1.54, 1.807) is 0 Å². The predicted octanol–water partition coefficient (Wildman–Crippen LogP) is 2.45. The molecule has 1 aromatic carbocycles. The summed E-state index contributed by atoms with van der Waals surface area (Å²) in [5.41, 5.74) is 12.2. The van der Waals surface area contributed by atoms with E-state index >= 15 is 0 Å². The molecular weight excluding hydrogens is 138 g/mol. The highest BCUT2D eigenvalue weighted by atomic mass is 15.0. The molecular formula is C8H10N3+. The quantitative estimate of drug-likeness (QED) is 0.454. The van der Waals surface area contributed by atoms with Crippen LogP contribution in [0.2, 0.25) is 0 Å². The fourth-order valence-electron chi connectivity index (χ4n) is 0.589. The van der Waals surface area contributed by atoms with Crippen LogP contribution in [0.4, 0.5) is 0 Å². The molecule has 0 heterocycles. The van der Waals surface area contributed by atoms with Crippen LogP contribution in [-0.4, -0.2) is 0 Å². The van der Waals surface area contributed by atoms with Crippen molar-refractivity contribution in [3.05, 3.63) is 42.5 Å². The summed E-state index contributed by atoms with van der Waals surface area (Å²) in [6, 6.07) is 10.0. The van der Waals surface area contributed by atoms with Gasteiger partial charge in [0, 0.05) is 0 Å². The summed E-state index contributed by atoms with van der Waals surface area (Å²) in [7, 11) is 0. The Labute approximate surface area is 65.4 Å². The van der Waals surface area contributed by atoms with E-state index in [2.05, 4.69) is 6.58 Å². The Morgan fingerprint density at radius 1 is 1.18 bits per heavy atom. The Hall–Kier alpha value is -1.73. The van der Waals surface area contributed by atoms with Crippen LogP contribution in [0.25, 0.3) is 6.08 Å². The van der Waals surface area contributed by atoms with Crippen LogP contribution >= 0.6 is 0 Å². The van der Waals surface area contributed by atoms with Crippen molar-refractivity contribution in [1.82, 2.24) is 4.91 Å². The van der Waals surface area contributed by atoms with Crippen LogP contribution in [0.3, 0.4) is 0 Å². The Balaban J connectivity index is 0.000000292. The smallest absolute Gasteiger partial charge is 0.0985 e. The zero-order valence-corrected chi connectivity index (χ0v) is 6.12. The van der Waals surface area contributed by atoms with Gasteiger partial charge in [0.1, 0.15) is 11.1 Å². The molecule has 56 valence electrons. The van der Waals surface area contributed by atoms with Crippen LogP contribution in [0.15, 0.2) is 36.9 Å². The van der Waals surface area contributed by atoms with Crippen LogP contribution in [0.1, 0.15) is 5.56 Å². The highest BCUT2D eigenvalue weighted by molar-refractivity contribution is 5.45. The third kappa shape index (κ3) is 4.75. The minimum absolute atomic E-state index is 1.17. The lowest BCUT2D eigenvalue weighted by atomic mass is 10.2. The number of hydrogen-bond acceptors (Lipinski definition) is 2. The molecule has 1 rings (SSSR count). The van der Waals surface area contributed by atoms with Crippen LogP contribution < -0.4 is 4.91 Å². The summed E-state index contributed by atoms with van der Waals surface area (Å²) in [5.74, 6) is 0. The molecule has 2 N–H and O–H groups in total. The topological polar surface area (TPSA) is 61.8 Å². The minimum atomic E-state index is 1.17. The van der Waals surface area contributed by atoms with Gasteiger partial charge < -0.3 is 0 Å². The van der Waals surface area contributed by atoms with Crippen LogP contribution in [0, 0.1) is 11.1 Å². The molecule has 0 saturated heterocycles. The van der Waals surface area contributed by atoms with E-state index in [-0.39, 0.29) is 0 Å². The van der Waals surface area contributed by atoms with Crippen molar-refractivity contribution in [1.29, 1.82) is 11.1 Å². The maximum absolute atomic E-state index is 5.50. The number of benzene rings is 1. The predicted molar refractivity (Wildman–Crippen MR) is 44.1 cm³/mol. The van der Waals surface area contributed by atoms with Gasteiger partial charge in [-0.1, -0.05) is 43.0 Å². The third-order valence-corrected chi connectivity index (χ3v) is 1.04. The van der Waals surface area contributed by atoms with E-state index in [9.17, 15) is 0 Å². The molecule has 0 fully saturated rings. The fraction of sp³-hybridized carbons (Fsp3) is 0. The maximum atomic E-state index is 5.50. The Bertz CT molecular complexity index is 235. The molecule has 0 aliphatic heterocycles. The molecule has 3 nitrogen and oxygen atoms in total. The summed E-state index contributed by atoms with van der Waals surface area (Å²) < 4.78 is 0. The summed E-state index contributed by atoms with van der Waals surface area (Å²) in [5, 5.41) is 0. The average Bonchev–Trinajstić information content (AvgIpc) is 2.08. The van der Waals surface area contributed by atoms with Gasteiger partial charge in [0.15, 0.2) is 0 Å². The normalized spacial score (nSPS) is 6.91. The molecule has 0 bridgehead atoms. The van der Waals surface area contributed by atoms with E-state index < -0.39 is 0 Å². The van der Waals surface area contributed by atoms with Crippen molar-refractivity contribution < 1.29 is 0 Å². The van der Waals surface area contributed by atoms with Gasteiger partial charge in [-0.25, -0.2) is 0 Å². The standard InChI is InChI=1S/C8H8.H2N3/c1-2-8-6-4-3-5-7-8;1-3-2/h2-7H,1H2;1-2H/q;+1. The number of nitrogens with one attached hydrogen (secondary N) is 2. The fourth-order valence-corrected chi connectivity index (χ4v) is 0.589. The van der Waals surface area contributed by atoms with Gasteiger partial charge in [-0.2, -0.15) is 0 Å². The lowest BCUT2D eigenvalue weighted by molar-refractivity contribution is 0.928. The first-order chi connectivity index (χ1) is 5.35. The van der Waals surface area contributed by atoms with Gasteiger partial charge in [0.25, 0.3) is 0 Å². The van der Waals surface area contributed by atoms with E-state index in [0.29, 0.717) is 0 Å². The van der Waals surface area contributed by atoms with Crippen molar-refractivity contribution in [2.45, 2.75) is 0 Å². The molecule has 0 aliphatic rings. The first kappa shape index (κ1) is 9.27. The number of rotatable bonds is 1. The SMILES string of the molecule is C=Cc1ccccc1.N=[N+]=N. The minimum Gasteiger partial charge on any atom is -0.0985 e. The van der Waals surface area contributed by atoms with Gasteiger partial charge in [0.05, 0.1) is 0 Å². The zero-order valence-electron chi connectivity index (χ0n) is 6.12. The molecule has 3 heteroatoms. The van der Waals surface area contributed by atoms with Gasteiger partial charge in [-0.05, 0) is 5.56 Å². The largest absolute Gasteiger partial charge is 0.211 e. The van der Waals surface area contributed by atoms with E-state index in [0.717, 1.165) is 0 Å². The lowest BCUT2D eigenvalue weighted by Gasteiger charge is -1.85. The number of hydrogen-bond donors (Lipinski definition) is 2. The van der Waals surface area contributed by atoms with Crippen LogP contribution in [0.5, 0.6) is 0 Å². The molecule has 11 heavy (non-hydrogen) atoms. The van der Waals surface area contributed by atoms with Gasteiger partial charge in [0.2, 0.25) is 4.91 Å². The highest BCUT2D eigenvalue weighted by Crippen LogP contribution is 1.97. The third-order valence-electron chi connectivity index (χ3n) is 1.04. The van der Waals surface area contributed by atoms with Gasteiger partial charge in [-0.15, -0.1) is 0 Å². The summed E-state index contributed by atoms with van der Waals surface area (Å²) in [4.78, 5) is 2.00. The molecule has 0 amide bonds. The van der Waals surface area contributed by atoms with Crippen molar-refractivity contribution in [2.24, 2.45) is 0 Å². The summed E-state index contributed by atoms with van der Waals surface area (Å²) >= 11 is 0. The first-order valence-corrected chi connectivity index (χ1v) is 3.05. The first-order valence-electron chi connectivity index (χ1n) is 3.05. The molecule has 0 spiro atoms. The molecule has 0 atom stereocenters. The maximum Gasteiger partial charge on any atom is 0.211 e. The molecule has 0 saturated carbocycles. The van der Waals surface area contributed by atoms with Crippen LogP contribution in [-0.2, 0) is 0 Å². The second kappa shape index (κ2) is 6.39. The van der Waals surface area contributed by atoms with Gasteiger partial charge in [-0.3, -0.25) is 0 Å². The number of nitrogens with zero attached hydrogens (tertiary/aromatic N) is 1. The van der Waals surface area contributed by atoms with E-state index in [1.165, 1.54) is 5.56 Å². The zero-order chi connectivity index (χ0) is 8.53. The monoisotopic (exact) mass is 148 g/mol. The van der Waals surface area contributed by atoms with Crippen molar-refractivity contribution in [3.8, 4) is 0 Å². The molecule has 0 unspecified atom stereocenters. The van der Waals surface area contributed by atoms with E-state index in [1.807, 2.05) is 41.3 Å².